The Morgan fingerprint density at radius 3 is 2.47 bits per heavy atom. The summed E-state index contributed by atoms with van der Waals surface area (Å²) in [5.41, 5.74) is 2.58. The minimum atomic E-state index is -1.10. The van der Waals surface area contributed by atoms with Gasteiger partial charge in [0.05, 0.1) is 23.6 Å². The normalized spacial score (nSPS) is 12.3. The van der Waals surface area contributed by atoms with Crippen LogP contribution in [0.2, 0.25) is 5.02 Å². The van der Waals surface area contributed by atoms with Crippen molar-refractivity contribution in [3.63, 3.8) is 0 Å². The summed E-state index contributed by atoms with van der Waals surface area (Å²) in [6, 6.07) is 11.6. The summed E-state index contributed by atoms with van der Waals surface area (Å²) in [5, 5.41) is 9.84. The number of carboxylic acids is 1. The molecule has 30 heavy (non-hydrogen) atoms. The first-order valence-electron chi connectivity index (χ1n) is 9.61. The number of rotatable bonds is 2. The molecular weight excluding hydrogens is 405 g/mol. The van der Waals surface area contributed by atoms with E-state index in [1.54, 1.807) is 47.9 Å². The van der Waals surface area contributed by atoms with Gasteiger partial charge in [0, 0.05) is 16.1 Å². The second-order valence-electron chi connectivity index (χ2n) is 7.64. The highest BCUT2D eigenvalue weighted by Gasteiger charge is 2.26. The van der Waals surface area contributed by atoms with E-state index in [-0.39, 0.29) is 18.1 Å². The highest BCUT2D eigenvalue weighted by atomic mass is 35.5. The number of aliphatic imine (C=N–C) groups is 1. The maximum atomic E-state index is 14.4. The number of aromatic carboxylic acids is 1. The minimum Gasteiger partial charge on any atom is -0.476 e. The molecule has 3 aromatic rings. The quantitative estimate of drug-likeness (QED) is 0.571. The first-order chi connectivity index (χ1) is 14.2. The molecular formula is C23H23ClFN3O2. The lowest BCUT2D eigenvalue weighted by Gasteiger charge is -2.14. The van der Waals surface area contributed by atoms with Crippen molar-refractivity contribution < 1.29 is 14.3 Å². The highest BCUT2D eigenvalue weighted by molar-refractivity contribution is 6.31. The third kappa shape index (κ3) is 4.28. The van der Waals surface area contributed by atoms with Gasteiger partial charge in [-0.2, -0.15) is 0 Å². The molecule has 0 atom stereocenters. The van der Waals surface area contributed by atoms with Gasteiger partial charge >= 0.3 is 5.97 Å². The van der Waals surface area contributed by atoms with Crippen molar-refractivity contribution in [2.45, 2.75) is 34.2 Å². The molecule has 0 bridgehead atoms. The molecule has 0 aliphatic carbocycles. The Balaban J connectivity index is 0.000000589. The van der Waals surface area contributed by atoms with Gasteiger partial charge < -0.3 is 5.11 Å². The molecule has 1 aliphatic heterocycles. The van der Waals surface area contributed by atoms with E-state index < -0.39 is 5.97 Å². The van der Waals surface area contributed by atoms with Gasteiger partial charge in [-0.15, -0.1) is 0 Å². The van der Waals surface area contributed by atoms with Crippen molar-refractivity contribution >= 4 is 23.3 Å². The van der Waals surface area contributed by atoms with Gasteiger partial charge in [-0.25, -0.2) is 14.2 Å². The van der Waals surface area contributed by atoms with Crippen molar-refractivity contribution in [3.8, 4) is 5.69 Å². The van der Waals surface area contributed by atoms with Crippen LogP contribution in [0.4, 0.5) is 4.39 Å². The highest BCUT2D eigenvalue weighted by Crippen LogP contribution is 2.30. The Morgan fingerprint density at radius 1 is 1.17 bits per heavy atom. The smallest absolute Gasteiger partial charge is 0.356 e. The number of hydrogen-bond acceptors (Lipinski definition) is 3. The lowest BCUT2D eigenvalue weighted by Crippen LogP contribution is -2.10. The van der Waals surface area contributed by atoms with Crippen LogP contribution in [0, 0.1) is 18.7 Å². The van der Waals surface area contributed by atoms with Crippen LogP contribution < -0.4 is 0 Å². The third-order valence-electron chi connectivity index (χ3n) is 4.34. The lowest BCUT2D eigenvalue weighted by molar-refractivity contribution is 0.0690. The van der Waals surface area contributed by atoms with Crippen LogP contribution in [-0.2, 0) is 6.54 Å². The van der Waals surface area contributed by atoms with Gasteiger partial charge in [0.2, 0.25) is 0 Å². The van der Waals surface area contributed by atoms with Crippen LogP contribution in [0.3, 0.4) is 0 Å². The molecule has 0 unspecified atom stereocenters. The van der Waals surface area contributed by atoms with Gasteiger partial charge in [-0.1, -0.05) is 44.5 Å². The molecule has 7 heteroatoms. The Morgan fingerprint density at radius 2 is 1.83 bits per heavy atom. The maximum Gasteiger partial charge on any atom is 0.356 e. The average Bonchev–Trinajstić information content (AvgIpc) is 2.91. The van der Waals surface area contributed by atoms with Crippen LogP contribution in [0.15, 0.2) is 47.5 Å². The summed E-state index contributed by atoms with van der Waals surface area (Å²) < 4.78 is 16.1. The molecule has 0 radical (unpaired) electrons. The molecule has 156 valence electrons. The fourth-order valence-corrected chi connectivity index (χ4v) is 3.37. The van der Waals surface area contributed by atoms with Gasteiger partial charge in [0.15, 0.2) is 5.69 Å². The van der Waals surface area contributed by atoms with Crippen LogP contribution >= 0.6 is 11.6 Å². The molecule has 1 N–H and O–H groups in total. The van der Waals surface area contributed by atoms with E-state index in [0.29, 0.717) is 39.1 Å². The number of carbonyl (C=O) groups is 1. The molecule has 0 fully saturated rings. The number of hydrogen-bond donors (Lipinski definition) is 1. The molecule has 0 saturated carbocycles. The first-order valence-corrected chi connectivity index (χ1v) is 9.99. The van der Waals surface area contributed by atoms with E-state index >= 15 is 0 Å². The predicted molar refractivity (Wildman–Crippen MR) is 117 cm³/mol. The molecule has 1 aliphatic rings. The van der Waals surface area contributed by atoms with E-state index in [0.717, 1.165) is 5.92 Å². The number of halogens is 2. The minimum absolute atomic E-state index is 0.0227. The summed E-state index contributed by atoms with van der Waals surface area (Å²) in [6.45, 7) is 8.32. The number of carboxylic acid groups (broad SMARTS) is 1. The second kappa shape index (κ2) is 8.79. The number of imidazole rings is 1. The Bertz CT molecular complexity index is 1130. The van der Waals surface area contributed by atoms with Crippen LogP contribution in [-0.4, -0.2) is 26.3 Å². The van der Waals surface area contributed by atoms with Crippen LogP contribution in [0.25, 0.3) is 5.69 Å². The molecule has 4 rings (SSSR count). The molecule has 5 nitrogen and oxygen atoms in total. The van der Waals surface area contributed by atoms with E-state index in [1.165, 1.54) is 6.07 Å². The third-order valence-corrected chi connectivity index (χ3v) is 4.58. The van der Waals surface area contributed by atoms with Crippen molar-refractivity contribution in [1.82, 2.24) is 9.55 Å². The topological polar surface area (TPSA) is 67.5 Å². The maximum absolute atomic E-state index is 14.4. The van der Waals surface area contributed by atoms with Crippen molar-refractivity contribution in [2.75, 3.05) is 0 Å². The van der Waals surface area contributed by atoms with Crippen molar-refractivity contribution in [3.05, 3.63) is 81.6 Å². The van der Waals surface area contributed by atoms with E-state index in [9.17, 15) is 14.3 Å². The van der Waals surface area contributed by atoms with Gasteiger partial charge in [-0.05, 0) is 43.2 Å². The summed E-state index contributed by atoms with van der Waals surface area (Å²) in [5.74, 6) is -0.175. The zero-order chi connectivity index (χ0) is 22.0. The molecule has 2 heterocycles. The Labute approximate surface area is 179 Å². The van der Waals surface area contributed by atoms with Gasteiger partial charge in [0.1, 0.15) is 11.6 Å². The van der Waals surface area contributed by atoms with E-state index in [2.05, 4.69) is 30.7 Å². The van der Waals surface area contributed by atoms with Crippen LogP contribution in [0.1, 0.15) is 53.9 Å². The molecule has 0 amide bonds. The predicted octanol–water partition coefficient (Wildman–Crippen LogP) is 5.68. The van der Waals surface area contributed by atoms with Crippen molar-refractivity contribution in [1.29, 1.82) is 0 Å². The number of nitrogens with zero attached hydrogens (tertiary/aromatic N) is 3. The second-order valence-corrected chi connectivity index (χ2v) is 8.08. The lowest BCUT2D eigenvalue weighted by atomic mass is 10.00. The first kappa shape index (κ1) is 21.7. The molecule has 0 spiro atoms. The molecule has 0 saturated heterocycles. The van der Waals surface area contributed by atoms with Crippen molar-refractivity contribution in [2.24, 2.45) is 10.9 Å². The summed E-state index contributed by atoms with van der Waals surface area (Å²) in [7, 11) is 0. The SMILES string of the molecule is CC(C)C.Cc1c(C(=O)O)nc2n1-c1ccc(Cl)cc1C(c1ccccc1F)=NC2. The van der Waals surface area contributed by atoms with E-state index in [4.69, 9.17) is 11.6 Å². The number of benzene rings is 2. The zero-order valence-electron chi connectivity index (χ0n) is 17.3. The average molecular weight is 428 g/mol. The zero-order valence-corrected chi connectivity index (χ0v) is 18.0. The fourth-order valence-electron chi connectivity index (χ4n) is 3.20. The van der Waals surface area contributed by atoms with Gasteiger partial charge in [-0.3, -0.25) is 9.56 Å². The number of fused-ring (bicyclic) bond motifs is 3. The standard InChI is InChI=1S/C19H13ClFN3O2.C4H10/c1-10-17(19(25)26)23-16-9-22-18(12-4-2-3-5-14(12)21)13-8-11(20)6-7-15(13)24(10)16;1-4(2)3/h2-8H,9H2,1H3,(H,25,26);4H,1-3H3. The summed E-state index contributed by atoms with van der Waals surface area (Å²) >= 11 is 6.18. The summed E-state index contributed by atoms with van der Waals surface area (Å²) in [4.78, 5) is 20.2. The van der Waals surface area contributed by atoms with E-state index in [1.807, 2.05) is 0 Å². The Hall–Kier alpha value is -2.99. The molecule has 2 aromatic carbocycles. The number of aromatic nitrogens is 2. The fraction of sp³-hybridized carbons (Fsp3) is 0.261. The monoisotopic (exact) mass is 427 g/mol. The van der Waals surface area contributed by atoms with Crippen LogP contribution in [0.5, 0.6) is 0 Å². The van der Waals surface area contributed by atoms with Gasteiger partial charge in [0.25, 0.3) is 0 Å². The molecule has 1 aromatic heterocycles. The summed E-state index contributed by atoms with van der Waals surface area (Å²) in [6.07, 6.45) is 0. The Kier molecular flexibility index (Phi) is 6.37. The largest absolute Gasteiger partial charge is 0.476 e.